The van der Waals surface area contributed by atoms with Crippen LogP contribution >= 0.6 is 46.6 Å². The number of hydrogen-bond acceptors (Lipinski definition) is 1. The van der Waals surface area contributed by atoms with Gasteiger partial charge in [0, 0.05) is 10.1 Å². The summed E-state index contributed by atoms with van der Waals surface area (Å²) in [6, 6.07) is 5.79. The van der Waals surface area contributed by atoms with E-state index < -0.39 is 0 Å². The van der Waals surface area contributed by atoms with Gasteiger partial charge in [0.25, 0.3) is 0 Å². The molecule has 0 unspecified atom stereocenters. The monoisotopic (exact) mass is 303 g/mol. The van der Waals surface area contributed by atoms with E-state index in [2.05, 4.69) is 22.6 Å². The first-order chi connectivity index (χ1) is 4.74. The molecule has 0 radical (unpaired) electrons. The van der Waals surface area contributed by atoms with Crippen LogP contribution in [0.4, 0.5) is 0 Å². The number of hydrogen-bond donors (Lipinski definition) is 1. The summed E-state index contributed by atoms with van der Waals surface area (Å²) in [5, 5.41) is 0.790. The highest BCUT2D eigenvalue weighted by atomic mass is 127. The van der Waals surface area contributed by atoms with Gasteiger partial charge < -0.3 is 5.73 Å². The van der Waals surface area contributed by atoms with Crippen molar-refractivity contribution in [3.05, 3.63) is 32.4 Å². The topological polar surface area (TPSA) is 26.0 Å². The van der Waals surface area contributed by atoms with Crippen molar-refractivity contribution in [3.63, 3.8) is 0 Å². The van der Waals surface area contributed by atoms with E-state index in [0.717, 1.165) is 14.2 Å². The van der Waals surface area contributed by atoms with Crippen molar-refractivity contribution in [2.75, 3.05) is 0 Å². The molecule has 1 rings (SSSR count). The van der Waals surface area contributed by atoms with Gasteiger partial charge in [-0.3, -0.25) is 0 Å². The Bertz CT molecular complexity index is 240. The van der Waals surface area contributed by atoms with Gasteiger partial charge in [-0.1, -0.05) is 17.7 Å². The normalized spacial score (nSPS) is 9.00. The Morgan fingerprint density at radius 2 is 2.09 bits per heavy atom. The molecule has 0 bridgehead atoms. The van der Waals surface area contributed by atoms with Crippen molar-refractivity contribution in [1.82, 2.24) is 0 Å². The Morgan fingerprint density at radius 1 is 1.45 bits per heavy atom. The van der Waals surface area contributed by atoms with Crippen LogP contribution in [0.25, 0.3) is 0 Å². The fourth-order valence-corrected chi connectivity index (χ4v) is 1.36. The number of halogens is 3. The minimum atomic E-state index is 0. The Morgan fingerprint density at radius 3 is 2.55 bits per heavy atom. The summed E-state index contributed by atoms with van der Waals surface area (Å²) in [6.07, 6.45) is 0. The third-order valence-electron chi connectivity index (χ3n) is 1.22. The first kappa shape index (κ1) is 11.5. The van der Waals surface area contributed by atoms with E-state index in [1.807, 2.05) is 18.2 Å². The number of nitrogens with two attached hydrogens (primary N) is 1. The average molecular weight is 304 g/mol. The lowest BCUT2D eigenvalue weighted by atomic mass is 10.2. The van der Waals surface area contributed by atoms with Crippen molar-refractivity contribution in [1.29, 1.82) is 0 Å². The van der Waals surface area contributed by atoms with E-state index >= 15 is 0 Å². The molecule has 0 saturated heterocycles. The highest BCUT2D eigenvalue weighted by Crippen LogP contribution is 2.18. The molecule has 2 N–H and O–H groups in total. The quantitative estimate of drug-likeness (QED) is 0.793. The second-order valence-electron chi connectivity index (χ2n) is 1.95. The Balaban J connectivity index is 0.000001000. The molecule has 0 aliphatic carbocycles. The van der Waals surface area contributed by atoms with Crippen molar-refractivity contribution in [2.24, 2.45) is 5.73 Å². The lowest BCUT2D eigenvalue weighted by Crippen LogP contribution is -1.95. The van der Waals surface area contributed by atoms with Crippen LogP contribution < -0.4 is 5.73 Å². The maximum atomic E-state index is 5.79. The number of benzene rings is 1. The van der Waals surface area contributed by atoms with Crippen LogP contribution in [0.15, 0.2) is 18.2 Å². The van der Waals surface area contributed by atoms with Crippen LogP contribution in [0.3, 0.4) is 0 Å². The van der Waals surface area contributed by atoms with Crippen LogP contribution in [-0.2, 0) is 6.54 Å². The highest BCUT2D eigenvalue weighted by molar-refractivity contribution is 14.1. The maximum Gasteiger partial charge on any atom is 0.0539 e. The van der Waals surface area contributed by atoms with Crippen molar-refractivity contribution < 1.29 is 0 Å². The molecule has 4 heteroatoms. The molecule has 0 fully saturated rings. The van der Waals surface area contributed by atoms with E-state index in [-0.39, 0.29) is 12.4 Å². The molecular weight excluding hydrogens is 296 g/mol. The maximum absolute atomic E-state index is 5.79. The second kappa shape index (κ2) is 5.19. The predicted octanol–water partition coefficient (Wildman–Crippen LogP) is 2.83. The third kappa shape index (κ3) is 3.15. The zero-order chi connectivity index (χ0) is 7.56. The SMILES string of the molecule is Cl.NCc1ccc(Cl)c(I)c1. The van der Waals surface area contributed by atoms with Crippen LogP contribution in [0.1, 0.15) is 5.56 Å². The third-order valence-corrected chi connectivity index (χ3v) is 2.76. The second-order valence-corrected chi connectivity index (χ2v) is 3.52. The van der Waals surface area contributed by atoms with Gasteiger partial charge in [0.15, 0.2) is 0 Å². The van der Waals surface area contributed by atoms with Crippen molar-refractivity contribution >= 4 is 46.6 Å². The molecule has 1 aromatic carbocycles. The van der Waals surface area contributed by atoms with Crippen LogP contribution in [-0.4, -0.2) is 0 Å². The number of rotatable bonds is 1. The summed E-state index contributed by atoms with van der Waals surface area (Å²) in [4.78, 5) is 0. The first-order valence-corrected chi connectivity index (χ1v) is 4.33. The van der Waals surface area contributed by atoms with Gasteiger partial charge >= 0.3 is 0 Å². The molecule has 1 nitrogen and oxygen atoms in total. The largest absolute Gasteiger partial charge is 0.326 e. The van der Waals surface area contributed by atoms with E-state index in [0.29, 0.717) is 6.54 Å². The molecule has 62 valence electrons. The van der Waals surface area contributed by atoms with E-state index in [9.17, 15) is 0 Å². The van der Waals surface area contributed by atoms with Gasteiger partial charge in [-0.2, -0.15) is 0 Å². The summed E-state index contributed by atoms with van der Waals surface area (Å²) in [6.45, 7) is 0.577. The van der Waals surface area contributed by atoms with Crippen molar-refractivity contribution in [3.8, 4) is 0 Å². The standard InChI is InChI=1S/C7H7ClIN.ClH/c8-6-2-1-5(4-10)3-7(6)9;/h1-3H,4,10H2;1H. The molecule has 0 aliphatic heterocycles. The van der Waals surface area contributed by atoms with E-state index in [1.54, 1.807) is 0 Å². The van der Waals surface area contributed by atoms with Gasteiger partial charge in [0.1, 0.15) is 0 Å². The zero-order valence-electron chi connectivity index (χ0n) is 5.68. The molecule has 0 saturated carbocycles. The fraction of sp³-hybridized carbons (Fsp3) is 0.143. The predicted molar refractivity (Wildman–Crippen MR) is 59.3 cm³/mol. The Kier molecular flexibility index (Phi) is 5.42. The van der Waals surface area contributed by atoms with Gasteiger partial charge in [-0.25, -0.2) is 0 Å². The summed E-state index contributed by atoms with van der Waals surface area (Å²) in [5.74, 6) is 0. The molecule has 11 heavy (non-hydrogen) atoms. The lowest BCUT2D eigenvalue weighted by Gasteiger charge is -1.98. The molecule has 0 heterocycles. The van der Waals surface area contributed by atoms with E-state index in [4.69, 9.17) is 17.3 Å². The van der Waals surface area contributed by atoms with E-state index in [1.165, 1.54) is 0 Å². The summed E-state index contributed by atoms with van der Waals surface area (Å²) < 4.78 is 1.06. The van der Waals surface area contributed by atoms with Crippen LogP contribution in [0.5, 0.6) is 0 Å². The summed E-state index contributed by atoms with van der Waals surface area (Å²) in [5.41, 5.74) is 6.54. The van der Waals surface area contributed by atoms with Crippen LogP contribution in [0, 0.1) is 3.57 Å². The zero-order valence-corrected chi connectivity index (χ0v) is 9.41. The fourth-order valence-electron chi connectivity index (χ4n) is 0.667. The van der Waals surface area contributed by atoms with Gasteiger partial charge in [-0.15, -0.1) is 12.4 Å². The van der Waals surface area contributed by atoms with Gasteiger partial charge in [-0.05, 0) is 40.3 Å². The molecule has 1 aromatic rings. The first-order valence-electron chi connectivity index (χ1n) is 2.88. The van der Waals surface area contributed by atoms with Crippen molar-refractivity contribution in [2.45, 2.75) is 6.54 Å². The lowest BCUT2D eigenvalue weighted by molar-refractivity contribution is 1.07. The minimum Gasteiger partial charge on any atom is -0.326 e. The van der Waals surface area contributed by atoms with Gasteiger partial charge in [0.2, 0.25) is 0 Å². The summed E-state index contributed by atoms with van der Waals surface area (Å²) >= 11 is 7.98. The molecule has 0 aliphatic rings. The minimum absolute atomic E-state index is 0. The smallest absolute Gasteiger partial charge is 0.0539 e. The van der Waals surface area contributed by atoms with Gasteiger partial charge in [0.05, 0.1) is 5.02 Å². The molecule has 0 spiro atoms. The van der Waals surface area contributed by atoms with Crippen LogP contribution in [0.2, 0.25) is 5.02 Å². The Hall–Kier alpha value is 0.490. The average Bonchev–Trinajstić information content (AvgIpc) is 1.95. The molecule has 0 aromatic heterocycles. The highest BCUT2D eigenvalue weighted by Gasteiger charge is 1.95. The Labute approximate surface area is 90.9 Å². The molecular formula is C7H8Cl2IN. The summed E-state index contributed by atoms with van der Waals surface area (Å²) in [7, 11) is 0. The molecule has 0 amide bonds. The molecule has 0 atom stereocenters.